The fourth-order valence-electron chi connectivity index (χ4n) is 3.71. The summed E-state index contributed by atoms with van der Waals surface area (Å²) >= 11 is 0. The number of nitrogens with zero attached hydrogens (tertiary/aromatic N) is 3. The van der Waals surface area contributed by atoms with Crippen LogP contribution >= 0.6 is 24.0 Å². The van der Waals surface area contributed by atoms with Gasteiger partial charge in [-0.25, -0.2) is 0 Å². The fraction of sp³-hybridized carbons (Fsp3) is 0.478. The number of aromatic nitrogens is 1. The van der Waals surface area contributed by atoms with Crippen molar-refractivity contribution in [2.24, 2.45) is 4.99 Å². The van der Waals surface area contributed by atoms with E-state index in [-0.39, 0.29) is 35.6 Å². The highest BCUT2D eigenvalue weighted by atomic mass is 127. The van der Waals surface area contributed by atoms with Crippen LogP contribution in [0.1, 0.15) is 44.2 Å². The highest BCUT2D eigenvalue weighted by Crippen LogP contribution is 2.23. The molecule has 1 aliphatic rings. The van der Waals surface area contributed by atoms with Crippen LogP contribution in [-0.4, -0.2) is 37.2 Å². The van der Waals surface area contributed by atoms with E-state index in [0.29, 0.717) is 0 Å². The average molecular weight is 523 g/mol. The molecule has 0 amide bonds. The van der Waals surface area contributed by atoms with Gasteiger partial charge in [-0.1, -0.05) is 18.2 Å². The molecule has 0 bridgehead atoms. The molecule has 7 heteroatoms. The number of aliphatic imine (C=N–C) groups is 1. The summed E-state index contributed by atoms with van der Waals surface area (Å²) in [5.74, 6) is 0.806. The first kappa shape index (κ1) is 24.2. The maximum absolute atomic E-state index is 11.7. The van der Waals surface area contributed by atoms with Crippen molar-refractivity contribution in [3.63, 3.8) is 0 Å². The minimum atomic E-state index is 0. The van der Waals surface area contributed by atoms with Crippen molar-refractivity contribution in [2.75, 3.05) is 31.6 Å². The maximum atomic E-state index is 11.7. The van der Waals surface area contributed by atoms with Gasteiger partial charge in [-0.3, -0.25) is 9.79 Å². The van der Waals surface area contributed by atoms with Crippen LogP contribution in [0.3, 0.4) is 0 Å². The normalized spacial score (nSPS) is 14.9. The van der Waals surface area contributed by atoms with Crippen LogP contribution in [0.2, 0.25) is 0 Å². The number of nitrogens with one attached hydrogen (secondary N) is 2. The molecule has 1 aromatic heterocycles. The SMILES string of the molecule is CN=C(NCCCCn1ccccc1=O)NC(C)c1cccc(N2CCCC2)c1.I. The standard InChI is InChI=1S/C23H33N5O.HI/c1-19(20-10-9-11-21(18-20)27-14-7-8-15-27)26-23(24-2)25-13-4-6-17-28-16-5-3-12-22(28)29;/h3,5,9-12,16,18-19H,4,6-8,13-15,17H2,1-2H3,(H2,24,25,26);1H. The van der Waals surface area contributed by atoms with E-state index in [4.69, 9.17) is 0 Å². The molecule has 6 nitrogen and oxygen atoms in total. The van der Waals surface area contributed by atoms with Crippen molar-refractivity contribution in [3.8, 4) is 0 Å². The van der Waals surface area contributed by atoms with Gasteiger partial charge >= 0.3 is 0 Å². The predicted molar refractivity (Wildman–Crippen MR) is 136 cm³/mol. The van der Waals surface area contributed by atoms with E-state index in [0.717, 1.165) is 45.0 Å². The number of hydrogen-bond acceptors (Lipinski definition) is 3. The van der Waals surface area contributed by atoms with Crippen LogP contribution in [0.5, 0.6) is 0 Å². The highest BCUT2D eigenvalue weighted by Gasteiger charge is 2.14. The Hall–Kier alpha value is -2.03. The van der Waals surface area contributed by atoms with Gasteiger partial charge in [0, 0.05) is 51.2 Å². The van der Waals surface area contributed by atoms with Gasteiger partial charge in [-0.05, 0) is 56.4 Å². The van der Waals surface area contributed by atoms with E-state index in [1.807, 2.05) is 12.3 Å². The number of aryl methyl sites for hydroxylation is 1. The van der Waals surface area contributed by atoms with Gasteiger partial charge in [0.15, 0.2) is 5.96 Å². The smallest absolute Gasteiger partial charge is 0.250 e. The van der Waals surface area contributed by atoms with E-state index >= 15 is 0 Å². The highest BCUT2D eigenvalue weighted by molar-refractivity contribution is 14.0. The molecule has 30 heavy (non-hydrogen) atoms. The molecular weight excluding hydrogens is 489 g/mol. The van der Waals surface area contributed by atoms with Crippen LogP contribution in [0.25, 0.3) is 0 Å². The number of pyridine rings is 1. The van der Waals surface area contributed by atoms with Crippen LogP contribution in [0, 0.1) is 0 Å². The Morgan fingerprint density at radius 2 is 1.93 bits per heavy atom. The van der Waals surface area contributed by atoms with E-state index in [1.54, 1.807) is 23.7 Å². The molecule has 1 aliphatic heterocycles. The zero-order valence-electron chi connectivity index (χ0n) is 18.0. The van der Waals surface area contributed by atoms with Crippen molar-refractivity contribution >= 4 is 35.6 Å². The average Bonchev–Trinajstić information content (AvgIpc) is 3.29. The molecule has 2 aromatic rings. The quantitative estimate of drug-likeness (QED) is 0.240. The molecule has 1 unspecified atom stereocenters. The van der Waals surface area contributed by atoms with Gasteiger partial charge in [0.05, 0.1) is 6.04 Å². The van der Waals surface area contributed by atoms with Gasteiger partial charge < -0.3 is 20.1 Å². The Morgan fingerprint density at radius 3 is 2.67 bits per heavy atom. The molecule has 3 rings (SSSR count). The molecular formula is C23H34IN5O. The van der Waals surface area contributed by atoms with Crippen LogP contribution in [0.15, 0.2) is 58.4 Å². The van der Waals surface area contributed by atoms with Crippen LogP contribution < -0.4 is 21.1 Å². The summed E-state index contributed by atoms with van der Waals surface area (Å²) in [6.07, 6.45) is 6.33. The predicted octanol–water partition coefficient (Wildman–Crippen LogP) is 3.77. The first-order valence-electron chi connectivity index (χ1n) is 10.6. The van der Waals surface area contributed by atoms with E-state index in [9.17, 15) is 4.79 Å². The summed E-state index contributed by atoms with van der Waals surface area (Å²) in [5, 5.41) is 6.87. The third-order valence-electron chi connectivity index (χ3n) is 5.44. The topological polar surface area (TPSA) is 61.7 Å². The molecule has 0 spiro atoms. The molecule has 1 aromatic carbocycles. The van der Waals surface area contributed by atoms with Gasteiger partial charge in [0.2, 0.25) is 5.56 Å². The Morgan fingerprint density at radius 1 is 1.13 bits per heavy atom. The zero-order valence-corrected chi connectivity index (χ0v) is 20.3. The Kier molecular flexibility index (Phi) is 10.2. The zero-order chi connectivity index (χ0) is 20.5. The monoisotopic (exact) mass is 523 g/mol. The maximum Gasteiger partial charge on any atom is 0.250 e. The molecule has 2 heterocycles. The molecule has 0 saturated carbocycles. The van der Waals surface area contributed by atoms with E-state index in [2.05, 4.69) is 51.7 Å². The largest absolute Gasteiger partial charge is 0.372 e. The number of guanidine groups is 1. The first-order valence-corrected chi connectivity index (χ1v) is 10.6. The number of unbranched alkanes of at least 4 members (excludes halogenated alkanes) is 1. The minimum Gasteiger partial charge on any atom is -0.372 e. The molecule has 0 radical (unpaired) electrons. The summed E-state index contributed by atoms with van der Waals surface area (Å²) < 4.78 is 1.75. The second kappa shape index (κ2) is 12.6. The number of anilines is 1. The summed E-state index contributed by atoms with van der Waals surface area (Å²) in [6.45, 7) is 6.04. The molecule has 1 atom stereocenters. The summed E-state index contributed by atoms with van der Waals surface area (Å²) in [5.41, 5.74) is 2.64. The third-order valence-corrected chi connectivity index (χ3v) is 5.44. The lowest BCUT2D eigenvalue weighted by molar-refractivity contribution is 0.582. The number of halogens is 1. The molecule has 1 saturated heterocycles. The van der Waals surface area contributed by atoms with Crippen molar-refractivity contribution in [2.45, 2.75) is 45.2 Å². The van der Waals surface area contributed by atoms with Crippen LogP contribution in [-0.2, 0) is 6.54 Å². The summed E-state index contributed by atoms with van der Waals surface area (Å²) in [7, 11) is 1.80. The number of rotatable bonds is 8. The molecule has 0 aliphatic carbocycles. The fourth-order valence-corrected chi connectivity index (χ4v) is 3.71. The lowest BCUT2D eigenvalue weighted by Gasteiger charge is -2.22. The van der Waals surface area contributed by atoms with Crippen molar-refractivity contribution < 1.29 is 0 Å². The number of benzene rings is 1. The van der Waals surface area contributed by atoms with Gasteiger partial charge in [-0.2, -0.15) is 0 Å². The van der Waals surface area contributed by atoms with Crippen molar-refractivity contribution in [1.29, 1.82) is 0 Å². The van der Waals surface area contributed by atoms with Gasteiger partial charge in [-0.15, -0.1) is 24.0 Å². The van der Waals surface area contributed by atoms with Crippen LogP contribution in [0.4, 0.5) is 5.69 Å². The second-order valence-corrected chi connectivity index (χ2v) is 7.59. The first-order chi connectivity index (χ1) is 14.2. The molecule has 1 fully saturated rings. The van der Waals surface area contributed by atoms with E-state index < -0.39 is 0 Å². The van der Waals surface area contributed by atoms with Crippen molar-refractivity contribution in [3.05, 3.63) is 64.6 Å². The number of hydrogen-bond donors (Lipinski definition) is 2. The Labute approximate surface area is 196 Å². The summed E-state index contributed by atoms with van der Waals surface area (Å²) in [6, 6.07) is 14.2. The Bertz CT molecular complexity index is 860. The second-order valence-electron chi connectivity index (χ2n) is 7.59. The van der Waals surface area contributed by atoms with Gasteiger partial charge in [0.25, 0.3) is 0 Å². The lowest BCUT2D eigenvalue weighted by Crippen LogP contribution is -2.39. The molecule has 2 N–H and O–H groups in total. The molecule has 164 valence electrons. The lowest BCUT2D eigenvalue weighted by atomic mass is 10.1. The third kappa shape index (κ3) is 7.04. The Balaban J connectivity index is 0.00000320. The summed E-state index contributed by atoms with van der Waals surface area (Å²) in [4.78, 5) is 18.5. The minimum absolute atomic E-state index is 0. The van der Waals surface area contributed by atoms with Gasteiger partial charge in [0.1, 0.15) is 0 Å². The van der Waals surface area contributed by atoms with E-state index in [1.165, 1.54) is 24.1 Å². The van der Waals surface area contributed by atoms with Crippen molar-refractivity contribution in [1.82, 2.24) is 15.2 Å².